The van der Waals surface area contributed by atoms with Crippen LogP contribution >= 0.6 is 11.6 Å². The molecule has 0 spiro atoms. The summed E-state index contributed by atoms with van der Waals surface area (Å²) in [6, 6.07) is -0.633. The molecule has 2 rings (SSSR count). The van der Waals surface area contributed by atoms with E-state index in [1.807, 2.05) is 0 Å². The van der Waals surface area contributed by atoms with E-state index in [9.17, 15) is 18.3 Å². The molecule has 2 aliphatic heterocycles. The van der Waals surface area contributed by atoms with Gasteiger partial charge in [0, 0.05) is 11.3 Å². The molecule has 0 aromatic carbocycles. The van der Waals surface area contributed by atoms with E-state index in [4.69, 9.17) is 11.6 Å². The summed E-state index contributed by atoms with van der Waals surface area (Å²) in [5.74, 6) is -0.659. The van der Waals surface area contributed by atoms with Crippen LogP contribution in [-0.2, 0) is 14.6 Å². The van der Waals surface area contributed by atoms with Crippen molar-refractivity contribution in [1.82, 2.24) is 5.32 Å². The topological polar surface area (TPSA) is 83.5 Å². The number of nitrogens with one attached hydrogen (secondary N) is 1. The summed E-state index contributed by atoms with van der Waals surface area (Å²) in [6.45, 7) is 3.38. The van der Waals surface area contributed by atoms with E-state index in [1.54, 1.807) is 13.8 Å². The average Bonchev–Trinajstić information content (AvgIpc) is 2.41. The van der Waals surface area contributed by atoms with E-state index >= 15 is 0 Å². The van der Waals surface area contributed by atoms with Crippen LogP contribution < -0.4 is 5.32 Å². The Balaban J connectivity index is 2.49. The number of alkyl halides is 1. The van der Waals surface area contributed by atoms with Crippen LogP contribution in [0.4, 0.5) is 0 Å². The number of amides is 1. The maximum absolute atomic E-state index is 12.2. The van der Waals surface area contributed by atoms with E-state index in [0.717, 1.165) is 5.41 Å². The van der Waals surface area contributed by atoms with Gasteiger partial charge in [-0.15, -0.1) is 11.6 Å². The van der Waals surface area contributed by atoms with Crippen LogP contribution in [0.5, 0.6) is 0 Å². The van der Waals surface area contributed by atoms with Crippen molar-refractivity contribution in [2.75, 3.05) is 5.88 Å². The van der Waals surface area contributed by atoms with Crippen LogP contribution in [0.3, 0.4) is 0 Å². The van der Waals surface area contributed by atoms with Gasteiger partial charge in [-0.3, -0.25) is 4.79 Å². The molecule has 18 heavy (non-hydrogen) atoms. The number of rotatable bonds is 4. The van der Waals surface area contributed by atoms with Gasteiger partial charge in [0.25, 0.3) is 0 Å². The van der Waals surface area contributed by atoms with Gasteiger partial charge in [0.15, 0.2) is 9.84 Å². The van der Waals surface area contributed by atoms with Gasteiger partial charge >= 0.3 is 0 Å². The first-order chi connectivity index (χ1) is 8.29. The zero-order chi connectivity index (χ0) is 13.7. The summed E-state index contributed by atoms with van der Waals surface area (Å²) >= 11 is 5.62. The molecule has 2 heterocycles. The van der Waals surface area contributed by atoms with Gasteiger partial charge in [0.2, 0.25) is 10.7 Å². The van der Waals surface area contributed by atoms with Crippen molar-refractivity contribution in [1.29, 1.82) is 0 Å². The summed E-state index contributed by atoms with van der Waals surface area (Å²) in [4.78, 5) is 11.8. The summed E-state index contributed by atoms with van der Waals surface area (Å²) < 4.78 is 22.8. The zero-order valence-electron chi connectivity index (χ0n) is 10.2. The molecule has 0 aromatic heterocycles. The molecule has 0 unspecified atom stereocenters. The van der Waals surface area contributed by atoms with E-state index in [1.165, 1.54) is 0 Å². The van der Waals surface area contributed by atoms with Gasteiger partial charge in [-0.25, -0.2) is 8.42 Å². The van der Waals surface area contributed by atoms with Crippen LogP contribution in [-0.4, -0.2) is 42.2 Å². The molecular weight excluding hydrogens is 278 g/mol. The van der Waals surface area contributed by atoms with Gasteiger partial charge in [-0.05, 0) is 17.9 Å². The minimum absolute atomic E-state index is 0.279. The van der Waals surface area contributed by atoms with Gasteiger partial charge in [0.05, 0.1) is 12.1 Å². The number of hydrogen-bond acceptors (Lipinski definition) is 4. The minimum atomic E-state index is -3.80. The Hall–Kier alpha value is -0.590. The number of fused-ring (bicyclic) bond motifs is 1. The molecule has 0 aromatic rings. The Labute approximate surface area is 111 Å². The molecule has 0 aliphatic carbocycles. The summed E-state index contributed by atoms with van der Waals surface area (Å²) in [5.41, 5.74) is 0.573. The monoisotopic (exact) mass is 293 g/mol. The molecule has 0 saturated carbocycles. The summed E-state index contributed by atoms with van der Waals surface area (Å²) in [5, 5.41) is 13.9. The van der Waals surface area contributed by atoms with Gasteiger partial charge in [-0.2, -0.15) is 0 Å². The maximum atomic E-state index is 12.2. The van der Waals surface area contributed by atoms with Crippen LogP contribution in [0, 0.1) is 5.92 Å². The van der Waals surface area contributed by atoms with Crippen molar-refractivity contribution in [3.05, 3.63) is 11.0 Å². The average molecular weight is 294 g/mol. The van der Waals surface area contributed by atoms with E-state index in [-0.39, 0.29) is 11.8 Å². The normalized spacial score (nSPS) is 34.6. The molecule has 2 aliphatic rings. The van der Waals surface area contributed by atoms with Crippen molar-refractivity contribution < 1.29 is 18.3 Å². The third-order valence-electron chi connectivity index (χ3n) is 3.66. The fourth-order valence-electron chi connectivity index (χ4n) is 2.71. The second-order valence-corrected chi connectivity index (χ2v) is 7.44. The molecular formula is C11H16ClNO4S. The Morgan fingerprint density at radius 2 is 2.17 bits per heavy atom. The number of halogens is 1. The predicted octanol–water partition coefficient (Wildman–Crippen LogP) is 0.182. The fourth-order valence-corrected chi connectivity index (χ4v) is 5.24. The highest BCUT2D eigenvalue weighted by Gasteiger charge is 2.71. The van der Waals surface area contributed by atoms with Crippen molar-refractivity contribution in [3.63, 3.8) is 0 Å². The first kappa shape index (κ1) is 13.8. The summed E-state index contributed by atoms with van der Waals surface area (Å²) in [7, 11) is -3.80. The maximum Gasteiger partial charge on any atom is 0.247 e. The highest BCUT2D eigenvalue weighted by molar-refractivity contribution is 7.97. The Morgan fingerprint density at radius 1 is 1.56 bits per heavy atom. The smallest absolute Gasteiger partial charge is 0.247 e. The molecule has 1 saturated heterocycles. The number of aliphatic hydroxyl groups excluding tert-OH is 1. The third kappa shape index (κ3) is 1.49. The molecule has 102 valence electrons. The molecule has 0 radical (unpaired) electrons. The highest BCUT2D eigenvalue weighted by Crippen LogP contribution is 2.46. The molecule has 1 fully saturated rings. The van der Waals surface area contributed by atoms with Crippen molar-refractivity contribution in [2.24, 2.45) is 5.92 Å². The van der Waals surface area contributed by atoms with Crippen LogP contribution in [0.1, 0.15) is 20.3 Å². The number of sulfone groups is 1. The number of β-lactam (4-membered cyclic amide) rings is 1. The molecule has 2 N–H and O–H groups in total. The molecule has 3 atom stereocenters. The molecule has 7 heteroatoms. The van der Waals surface area contributed by atoms with E-state index in [2.05, 4.69) is 5.32 Å². The molecule has 1 amide bonds. The molecule has 5 nitrogen and oxygen atoms in total. The fraction of sp³-hybridized carbons (Fsp3) is 0.727. The van der Waals surface area contributed by atoms with Crippen LogP contribution in [0.2, 0.25) is 0 Å². The number of carbonyl (C=O) groups is 1. The lowest BCUT2D eigenvalue weighted by Gasteiger charge is -2.47. The van der Waals surface area contributed by atoms with Crippen molar-refractivity contribution in [3.8, 4) is 0 Å². The van der Waals surface area contributed by atoms with E-state index in [0.29, 0.717) is 12.0 Å². The number of aliphatic hydroxyl groups is 1. The largest absolute Gasteiger partial charge is 0.391 e. The number of carbonyl (C=O) groups excluding carboxylic acids is 1. The van der Waals surface area contributed by atoms with Gasteiger partial charge in [0.1, 0.15) is 0 Å². The Bertz CT molecular complexity index is 513. The summed E-state index contributed by atoms with van der Waals surface area (Å²) in [6.07, 6.45) is -0.830. The second-order valence-electron chi connectivity index (χ2n) is 5.07. The lowest BCUT2D eigenvalue weighted by Crippen LogP contribution is -2.78. The standard InChI is InChI=1S/C11H16ClNO4S/c1-6(2)9(14)11-8(13-10(11)15)7(3-4-12)5-18(11,16)17/h5-6,8-9,14H,3-4H2,1-2H3,(H,13,15)/t8-,9-,11-/m0/s1. The highest BCUT2D eigenvalue weighted by atomic mass is 35.5. The van der Waals surface area contributed by atoms with Gasteiger partial charge < -0.3 is 10.4 Å². The van der Waals surface area contributed by atoms with Crippen LogP contribution in [0.15, 0.2) is 11.0 Å². The van der Waals surface area contributed by atoms with E-state index < -0.39 is 32.6 Å². The zero-order valence-corrected chi connectivity index (χ0v) is 11.8. The lowest BCUT2D eigenvalue weighted by molar-refractivity contribution is -0.137. The quantitative estimate of drug-likeness (QED) is 0.572. The SMILES string of the molecule is CC(C)[C@H](O)[C@]12C(=O)N[C@H]1C(CCCl)=CS2(=O)=O. The lowest BCUT2D eigenvalue weighted by atomic mass is 9.76. The first-order valence-corrected chi connectivity index (χ1v) is 7.87. The second kappa shape index (κ2) is 4.21. The molecule has 0 bridgehead atoms. The third-order valence-corrected chi connectivity index (χ3v) is 6.07. The first-order valence-electron chi connectivity index (χ1n) is 5.79. The number of hydrogen-bond donors (Lipinski definition) is 2. The van der Waals surface area contributed by atoms with Crippen molar-refractivity contribution in [2.45, 2.75) is 37.2 Å². The van der Waals surface area contributed by atoms with Crippen LogP contribution in [0.25, 0.3) is 0 Å². The minimum Gasteiger partial charge on any atom is -0.391 e. The van der Waals surface area contributed by atoms with Gasteiger partial charge in [-0.1, -0.05) is 13.8 Å². The predicted molar refractivity (Wildman–Crippen MR) is 67.8 cm³/mol. The Kier molecular flexibility index (Phi) is 3.24. The Morgan fingerprint density at radius 3 is 2.61 bits per heavy atom. The van der Waals surface area contributed by atoms with Crippen molar-refractivity contribution >= 4 is 27.3 Å².